The number of methoxy groups -OCH3 is 1. The van der Waals surface area contributed by atoms with Gasteiger partial charge in [-0.05, 0) is 24.0 Å². The Balaban J connectivity index is 0.00000625. The molecule has 8 heteroatoms. The molecule has 0 saturated heterocycles. The first kappa shape index (κ1) is 24.6. The monoisotopic (exact) mass is 477 g/mol. The van der Waals surface area contributed by atoms with Gasteiger partial charge < -0.3 is 20.7 Å². The minimum Gasteiger partial charge on any atom is -0.379 e. The smallest absolute Gasteiger partial charge is 0.227 e. The molecule has 0 bridgehead atoms. The van der Waals surface area contributed by atoms with Crippen LogP contribution in [-0.2, 0) is 9.53 Å². The van der Waals surface area contributed by atoms with Gasteiger partial charge in [-0.25, -0.2) is 4.98 Å². The van der Waals surface area contributed by atoms with Crippen molar-refractivity contribution in [1.29, 1.82) is 0 Å². The van der Waals surface area contributed by atoms with E-state index in [4.69, 9.17) is 4.74 Å². The number of nitrogens with one attached hydrogen (secondary N) is 3. The molecule has 0 fully saturated rings. The van der Waals surface area contributed by atoms with E-state index < -0.39 is 0 Å². The number of aromatic nitrogens is 1. The molecule has 26 heavy (non-hydrogen) atoms. The second-order valence-corrected chi connectivity index (χ2v) is 6.99. The van der Waals surface area contributed by atoms with Gasteiger partial charge in [0.05, 0.1) is 6.10 Å². The molecule has 0 spiro atoms. The van der Waals surface area contributed by atoms with Gasteiger partial charge in [-0.15, -0.1) is 24.0 Å². The van der Waals surface area contributed by atoms with E-state index in [-0.39, 0.29) is 41.4 Å². The van der Waals surface area contributed by atoms with Crippen LogP contribution in [0.15, 0.2) is 23.3 Å². The van der Waals surface area contributed by atoms with Gasteiger partial charge in [0.2, 0.25) is 5.91 Å². The largest absolute Gasteiger partial charge is 0.379 e. The van der Waals surface area contributed by atoms with E-state index in [1.54, 1.807) is 26.4 Å². The summed E-state index contributed by atoms with van der Waals surface area (Å²) in [5, 5.41) is 9.12. The fourth-order valence-corrected chi connectivity index (χ4v) is 2.19. The molecular formula is C18H32IN5O2. The lowest BCUT2D eigenvalue weighted by Crippen LogP contribution is -2.45. The lowest BCUT2D eigenvalue weighted by atomic mass is 9.89. The number of rotatable bonds is 7. The standard InChI is InChI=1S/C18H31N5O2.HI/c1-13-7-8-15(21-11-13)23-16(24)9-10-20-17(19-5)22-12-14(25-6)18(2,3)4;/h7-8,11,14H,9-10,12H2,1-6H3,(H2,19,20,22)(H,21,23,24);1H. The lowest BCUT2D eigenvalue weighted by molar-refractivity contribution is -0.116. The molecule has 1 amide bonds. The number of amides is 1. The number of anilines is 1. The van der Waals surface area contributed by atoms with Crippen LogP contribution in [0.4, 0.5) is 5.82 Å². The first-order valence-corrected chi connectivity index (χ1v) is 8.46. The summed E-state index contributed by atoms with van der Waals surface area (Å²) in [5.74, 6) is 1.11. The van der Waals surface area contributed by atoms with E-state index in [0.29, 0.717) is 31.3 Å². The zero-order chi connectivity index (χ0) is 18.9. The zero-order valence-corrected chi connectivity index (χ0v) is 18.9. The first-order valence-electron chi connectivity index (χ1n) is 8.46. The van der Waals surface area contributed by atoms with Gasteiger partial charge in [0.25, 0.3) is 0 Å². The molecule has 7 nitrogen and oxygen atoms in total. The van der Waals surface area contributed by atoms with Gasteiger partial charge in [-0.3, -0.25) is 9.79 Å². The first-order chi connectivity index (χ1) is 11.8. The summed E-state index contributed by atoms with van der Waals surface area (Å²) in [6.45, 7) is 9.45. The van der Waals surface area contributed by atoms with Crippen molar-refractivity contribution in [2.24, 2.45) is 10.4 Å². The van der Waals surface area contributed by atoms with Crippen LogP contribution >= 0.6 is 24.0 Å². The minimum absolute atomic E-state index is 0. The Morgan fingerprint density at radius 2 is 2.00 bits per heavy atom. The number of guanidine groups is 1. The van der Waals surface area contributed by atoms with E-state index in [0.717, 1.165) is 5.56 Å². The quantitative estimate of drug-likeness (QED) is 0.319. The summed E-state index contributed by atoms with van der Waals surface area (Å²) in [5.41, 5.74) is 1.08. The van der Waals surface area contributed by atoms with Gasteiger partial charge in [0.1, 0.15) is 5.82 Å². The van der Waals surface area contributed by atoms with Crippen LogP contribution < -0.4 is 16.0 Å². The summed E-state index contributed by atoms with van der Waals surface area (Å²) in [6, 6.07) is 3.70. The molecule has 148 valence electrons. The molecule has 0 aliphatic heterocycles. The van der Waals surface area contributed by atoms with Crippen LogP contribution in [0.25, 0.3) is 0 Å². The van der Waals surface area contributed by atoms with Crippen LogP contribution in [0.2, 0.25) is 0 Å². The number of pyridine rings is 1. The molecule has 1 aromatic rings. The van der Waals surface area contributed by atoms with E-state index in [9.17, 15) is 4.79 Å². The molecule has 0 aliphatic rings. The van der Waals surface area contributed by atoms with Crippen molar-refractivity contribution in [1.82, 2.24) is 15.6 Å². The van der Waals surface area contributed by atoms with Crippen molar-refractivity contribution < 1.29 is 9.53 Å². The minimum atomic E-state index is -0.0937. The maximum Gasteiger partial charge on any atom is 0.227 e. The van der Waals surface area contributed by atoms with Crippen molar-refractivity contribution in [3.8, 4) is 0 Å². The van der Waals surface area contributed by atoms with Crippen LogP contribution in [0.3, 0.4) is 0 Å². The van der Waals surface area contributed by atoms with Crippen LogP contribution in [-0.4, -0.2) is 50.2 Å². The number of carbonyl (C=O) groups excluding carboxylic acids is 1. The topological polar surface area (TPSA) is 87.6 Å². The fraction of sp³-hybridized carbons (Fsp3) is 0.611. The number of hydrogen-bond donors (Lipinski definition) is 3. The number of carbonyl (C=O) groups is 1. The molecule has 1 heterocycles. The highest BCUT2D eigenvalue weighted by Gasteiger charge is 2.24. The molecule has 0 radical (unpaired) electrons. The van der Waals surface area contributed by atoms with Crippen LogP contribution in [0.1, 0.15) is 32.8 Å². The third kappa shape index (κ3) is 9.33. The average Bonchev–Trinajstić information content (AvgIpc) is 2.54. The highest BCUT2D eigenvalue weighted by molar-refractivity contribution is 14.0. The molecule has 0 saturated carbocycles. The number of halogens is 1. The maximum absolute atomic E-state index is 11.9. The number of aryl methyl sites for hydroxylation is 1. The molecule has 0 aliphatic carbocycles. The number of hydrogen-bond acceptors (Lipinski definition) is 4. The third-order valence-corrected chi connectivity index (χ3v) is 3.75. The molecule has 1 aromatic heterocycles. The Morgan fingerprint density at radius 3 is 2.50 bits per heavy atom. The van der Waals surface area contributed by atoms with Gasteiger partial charge in [-0.2, -0.15) is 0 Å². The Bertz CT molecular complexity index is 570. The summed E-state index contributed by atoms with van der Waals surface area (Å²) in [6.07, 6.45) is 2.10. The Hall–Kier alpha value is -1.42. The molecule has 0 aromatic carbocycles. The Kier molecular flexibility index (Phi) is 11.4. The lowest BCUT2D eigenvalue weighted by Gasteiger charge is -2.30. The molecule has 3 N–H and O–H groups in total. The molecule has 1 rings (SSSR count). The second kappa shape index (κ2) is 12.1. The van der Waals surface area contributed by atoms with E-state index in [2.05, 4.69) is 46.7 Å². The molecule has 1 atom stereocenters. The number of nitrogens with zero attached hydrogens (tertiary/aromatic N) is 2. The van der Waals surface area contributed by atoms with Crippen LogP contribution in [0, 0.1) is 12.3 Å². The van der Waals surface area contributed by atoms with Gasteiger partial charge in [0, 0.05) is 39.9 Å². The van der Waals surface area contributed by atoms with Gasteiger partial charge >= 0.3 is 0 Å². The maximum atomic E-state index is 11.9. The van der Waals surface area contributed by atoms with Crippen LogP contribution in [0.5, 0.6) is 0 Å². The normalized spacial score (nSPS) is 12.8. The van der Waals surface area contributed by atoms with Crippen molar-refractivity contribution in [2.75, 3.05) is 32.6 Å². The van der Waals surface area contributed by atoms with E-state index in [1.807, 2.05) is 13.0 Å². The summed E-state index contributed by atoms with van der Waals surface area (Å²) >= 11 is 0. The average molecular weight is 477 g/mol. The van der Waals surface area contributed by atoms with Gasteiger partial charge in [-0.1, -0.05) is 26.8 Å². The van der Waals surface area contributed by atoms with Crippen molar-refractivity contribution in [3.63, 3.8) is 0 Å². The zero-order valence-electron chi connectivity index (χ0n) is 16.5. The number of aliphatic imine (C=N–C) groups is 1. The summed E-state index contributed by atoms with van der Waals surface area (Å²) in [7, 11) is 3.40. The Morgan fingerprint density at radius 1 is 1.31 bits per heavy atom. The SMILES string of the molecule is CN=C(NCCC(=O)Nc1ccc(C)cn1)NCC(OC)C(C)(C)C.I. The van der Waals surface area contributed by atoms with Crippen molar-refractivity contribution >= 4 is 41.7 Å². The third-order valence-electron chi connectivity index (χ3n) is 3.75. The fourth-order valence-electron chi connectivity index (χ4n) is 2.19. The highest BCUT2D eigenvalue weighted by atomic mass is 127. The Labute approximate surface area is 173 Å². The van der Waals surface area contributed by atoms with Crippen molar-refractivity contribution in [3.05, 3.63) is 23.9 Å². The second-order valence-electron chi connectivity index (χ2n) is 6.99. The predicted molar refractivity (Wildman–Crippen MR) is 117 cm³/mol. The highest BCUT2D eigenvalue weighted by Crippen LogP contribution is 2.20. The van der Waals surface area contributed by atoms with E-state index in [1.165, 1.54) is 0 Å². The van der Waals surface area contributed by atoms with Crippen molar-refractivity contribution in [2.45, 2.75) is 40.2 Å². The van der Waals surface area contributed by atoms with Gasteiger partial charge in [0.15, 0.2) is 5.96 Å². The molecule has 1 unspecified atom stereocenters. The summed E-state index contributed by atoms with van der Waals surface area (Å²) in [4.78, 5) is 20.3. The molecular weight excluding hydrogens is 445 g/mol. The number of ether oxygens (including phenoxy) is 1. The summed E-state index contributed by atoms with van der Waals surface area (Å²) < 4.78 is 5.51. The predicted octanol–water partition coefficient (Wildman–Crippen LogP) is 2.56. The van der Waals surface area contributed by atoms with E-state index >= 15 is 0 Å².